The zero-order valence-electron chi connectivity index (χ0n) is 14.1. The molecule has 3 aromatic carbocycles. The molecule has 0 unspecified atom stereocenters. The van der Waals surface area contributed by atoms with Crippen molar-refractivity contribution in [1.82, 2.24) is 14.8 Å². The maximum Gasteiger partial charge on any atom is 0.102 e. The van der Waals surface area contributed by atoms with Crippen LogP contribution in [0.4, 0.5) is 0 Å². The van der Waals surface area contributed by atoms with Gasteiger partial charge in [-0.05, 0) is 24.3 Å². The highest BCUT2D eigenvalue weighted by Gasteiger charge is 2.17. The smallest absolute Gasteiger partial charge is 0.102 e. The summed E-state index contributed by atoms with van der Waals surface area (Å²) in [5.41, 5.74) is 4.70. The molecule has 2 aromatic heterocycles. The normalized spacial score (nSPS) is 11.3. The van der Waals surface area contributed by atoms with E-state index in [1.165, 1.54) is 0 Å². The molecule has 0 amide bonds. The fourth-order valence-corrected chi connectivity index (χ4v) is 3.64. The molecule has 3 nitrogen and oxygen atoms in total. The second kappa shape index (κ2) is 6.38. The second-order valence-corrected chi connectivity index (χ2v) is 7.08. The molecule has 5 aromatic rings. The summed E-state index contributed by atoms with van der Waals surface area (Å²) in [6.07, 6.45) is 1.89. The molecule has 0 aliphatic heterocycles. The van der Waals surface area contributed by atoms with E-state index in [1.54, 1.807) is 6.07 Å². The third-order valence-electron chi connectivity index (χ3n) is 4.61. The van der Waals surface area contributed by atoms with Crippen molar-refractivity contribution in [2.75, 3.05) is 0 Å². The summed E-state index contributed by atoms with van der Waals surface area (Å²) < 4.78 is 1.92. The van der Waals surface area contributed by atoms with Crippen LogP contribution in [0, 0.1) is 0 Å². The van der Waals surface area contributed by atoms with Gasteiger partial charge in [-0.1, -0.05) is 71.7 Å². The van der Waals surface area contributed by atoms with Gasteiger partial charge in [0.1, 0.15) is 5.69 Å². The molecule has 0 saturated carbocycles. The average molecular weight is 390 g/mol. The van der Waals surface area contributed by atoms with E-state index in [2.05, 4.69) is 23.2 Å². The van der Waals surface area contributed by atoms with E-state index in [4.69, 9.17) is 28.3 Å². The molecule has 0 bridgehead atoms. The number of hydrogen-bond donors (Lipinski definition) is 0. The minimum absolute atomic E-state index is 0.498. The van der Waals surface area contributed by atoms with Crippen LogP contribution < -0.4 is 0 Å². The van der Waals surface area contributed by atoms with E-state index >= 15 is 0 Å². The Morgan fingerprint density at radius 3 is 2.33 bits per heavy atom. The van der Waals surface area contributed by atoms with Gasteiger partial charge in [0.2, 0.25) is 0 Å². The number of para-hydroxylation sites is 1. The van der Waals surface area contributed by atoms with Crippen molar-refractivity contribution in [1.29, 1.82) is 0 Å². The Hall–Kier alpha value is -2.88. The number of aromatic nitrogens is 3. The zero-order chi connectivity index (χ0) is 18.4. The van der Waals surface area contributed by atoms with Gasteiger partial charge in [-0.2, -0.15) is 5.10 Å². The molecule has 0 saturated heterocycles. The number of pyridine rings is 1. The van der Waals surface area contributed by atoms with Crippen LogP contribution in [-0.2, 0) is 0 Å². The lowest BCUT2D eigenvalue weighted by Gasteiger charge is -2.07. The molecular weight excluding hydrogens is 377 g/mol. The Bertz CT molecular complexity index is 1290. The van der Waals surface area contributed by atoms with Crippen molar-refractivity contribution >= 4 is 45.0 Å². The third-order valence-corrected chi connectivity index (χ3v) is 5.35. The van der Waals surface area contributed by atoms with Crippen molar-refractivity contribution in [3.63, 3.8) is 0 Å². The monoisotopic (exact) mass is 389 g/mol. The van der Waals surface area contributed by atoms with Gasteiger partial charge in [-0.25, -0.2) is 4.68 Å². The molecule has 130 valence electrons. The van der Waals surface area contributed by atoms with Gasteiger partial charge in [-0.15, -0.1) is 0 Å². The maximum atomic E-state index is 6.27. The first-order chi connectivity index (χ1) is 13.2. The van der Waals surface area contributed by atoms with Crippen LogP contribution in [0.5, 0.6) is 0 Å². The third kappa shape index (κ3) is 2.67. The van der Waals surface area contributed by atoms with E-state index in [0.29, 0.717) is 10.0 Å². The molecule has 5 rings (SSSR count). The molecule has 5 heteroatoms. The maximum absolute atomic E-state index is 6.27. The van der Waals surface area contributed by atoms with Crippen molar-refractivity contribution in [2.45, 2.75) is 0 Å². The summed E-state index contributed by atoms with van der Waals surface area (Å²) >= 11 is 12.4. The molecule has 0 radical (unpaired) electrons. The highest BCUT2D eigenvalue weighted by molar-refractivity contribution is 6.42. The average Bonchev–Trinajstić information content (AvgIpc) is 3.11. The van der Waals surface area contributed by atoms with Gasteiger partial charge in [0, 0.05) is 22.5 Å². The van der Waals surface area contributed by atoms with Gasteiger partial charge >= 0.3 is 0 Å². The first-order valence-corrected chi connectivity index (χ1v) is 9.25. The highest BCUT2D eigenvalue weighted by Crippen LogP contribution is 2.34. The predicted octanol–water partition coefficient (Wildman–Crippen LogP) is 6.55. The van der Waals surface area contributed by atoms with Crippen LogP contribution in [0.3, 0.4) is 0 Å². The summed E-state index contributed by atoms with van der Waals surface area (Å²) in [6, 6.07) is 23.7. The highest BCUT2D eigenvalue weighted by atomic mass is 35.5. The second-order valence-electron chi connectivity index (χ2n) is 6.26. The summed E-state index contributed by atoms with van der Waals surface area (Å²) in [6.45, 7) is 0. The fraction of sp³-hybridized carbons (Fsp3) is 0. The van der Waals surface area contributed by atoms with Crippen LogP contribution in [0.2, 0.25) is 10.0 Å². The number of benzene rings is 3. The quantitative estimate of drug-likeness (QED) is 0.342. The summed E-state index contributed by atoms with van der Waals surface area (Å²) in [4.78, 5) is 4.63. The summed E-state index contributed by atoms with van der Waals surface area (Å²) in [5.74, 6) is 0. The van der Waals surface area contributed by atoms with Gasteiger partial charge in [0.15, 0.2) is 0 Å². The van der Waals surface area contributed by atoms with E-state index in [0.717, 1.165) is 38.8 Å². The summed E-state index contributed by atoms with van der Waals surface area (Å²) in [5, 5.41) is 7.97. The van der Waals surface area contributed by atoms with E-state index in [-0.39, 0.29) is 0 Å². The molecule has 0 spiro atoms. The van der Waals surface area contributed by atoms with Crippen LogP contribution in [-0.4, -0.2) is 14.8 Å². The number of nitrogens with zero attached hydrogens (tertiary/aromatic N) is 3. The summed E-state index contributed by atoms with van der Waals surface area (Å²) in [7, 11) is 0. The molecule has 0 aliphatic carbocycles. The molecule has 2 heterocycles. The Morgan fingerprint density at radius 2 is 1.52 bits per heavy atom. The molecule has 0 fully saturated rings. The van der Waals surface area contributed by atoms with Crippen molar-refractivity contribution < 1.29 is 0 Å². The number of fused-ring (bicyclic) bond motifs is 3. The van der Waals surface area contributed by atoms with Crippen LogP contribution in [0.1, 0.15) is 0 Å². The largest absolute Gasteiger partial charge is 0.255 e. The Kier molecular flexibility index (Phi) is 3.85. The van der Waals surface area contributed by atoms with E-state index in [1.807, 2.05) is 59.4 Å². The zero-order valence-corrected chi connectivity index (χ0v) is 15.6. The number of halogens is 2. The Morgan fingerprint density at radius 1 is 0.741 bits per heavy atom. The Labute approximate surface area is 165 Å². The first-order valence-electron chi connectivity index (χ1n) is 8.50. The van der Waals surface area contributed by atoms with Crippen molar-refractivity contribution in [2.24, 2.45) is 0 Å². The molecular formula is C22H13Cl2N3. The lowest BCUT2D eigenvalue weighted by Crippen LogP contribution is -1.97. The fourth-order valence-electron chi connectivity index (χ4n) is 3.35. The van der Waals surface area contributed by atoms with Gasteiger partial charge in [-0.3, -0.25) is 4.98 Å². The van der Waals surface area contributed by atoms with Crippen LogP contribution >= 0.6 is 23.2 Å². The van der Waals surface area contributed by atoms with Crippen molar-refractivity contribution in [3.8, 4) is 16.9 Å². The minimum atomic E-state index is 0.498. The minimum Gasteiger partial charge on any atom is -0.255 e. The molecule has 27 heavy (non-hydrogen) atoms. The lowest BCUT2D eigenvalue weighted by molar-refractivity contribution is 0.918. The van der Waals surface area contributed by atoms with E-state index < -0.39 is 0 Å². The molecule has 0 aliphatic rings. The Balaban J connectivity index is 1.91. The first kappa shape index (κ1) is 16.3. The predicted molar refractivity (Wildman–Crippen MR) is 112 cm³/mol. The van der Waals surface area contributed by atoms with Gasteiger partial charge < -0.3 is 0 Å². The van der Waals surface area contributed by atoms with Crippen LogP contribution in [0.25, 0.3) is 38.8 Å². The van der Waals surface area contributed by atoms with Gasteiger partial charge in [0.25, 0.3) is 0 Å². The topological polar surface area (TPSA) is 30.7 Å². The number of hydrogen-bond acceptors (Lipinski definition) is 2. The number of rotatable bonds is 2. The lowest BCUT2D eigenvalue weighted by atomic mass is 10.1. The standard InChI is InChI=1S/C22H13Cl2N3/c23-18-11-10-15(12-19(18)24)27-22-16-8-4-5-9-20(16)25-13-17(22)21(26-27)14-6-2-1-3-7-14/h1-13H. The molecule has 0 N–H and O–H groups in total. The van der Waals surface area contributed by atoms with Crippen molar-refractivity contribution in [3.05, 3.63) is 89.0 Å². The molecule has 0 atom stereocenters. The van der Waals surface area contributed by atoms with Gasteiger partial charge in [0.05, 0.1) is 26.8 Å². The SMILES string of the molecule is Clc1ccc(-n2nc(-c3ccccc3)c3cnc4ccccc4c32)cc1Cl. The van der Waals surface area contributed by atoms with Crippen LogP contribution in [0.15, 0.2) is 79.0 Å². The van der Waals surface area contributed by atoms with E-state index in [9.17, 15) is 0 Å².